The summed E-state index contributed by atoms with van der Waals surface area (Å²) in [6, 6.07) is 31.2. The fourth-order valence-corrected chi connectivity index (χ4v) is 5.79. The molecule has 0 saturated heterocycles. The first-order valence-corrected chi connectivity index (χ1v) is 13.7. The van der Waals surface area contributed by atoms with Crippen LogP contribution in [0.4, 0.5) is 11.4 Å². The summed E-state index contributed by atoms with van der Waals surface area (Å²) in [5, 5.41) is 8.71. The van der Waals surface area contributed by atoms with E-state index in [1.54, 1.807) is 30.8 Å². The number of carbonyl (C=O) groups excluding carboxylic acids is 2. The molecule has 190 valence electrons. The Balaban J connectivity index is 1.33. The van der Waals surface area contributed by atoms with Crippen molar-refractivity contribution in [1.82, 2.24) is 4.57 Å². The van der Waals surface area contributed by atoms with E-state index in [1.165, 1.54) is 0 Å². The summed E-state index contributed by atoms with van der Waals surface area (Å²) in [6.45, 7) is 3.58. The van der Waals surface area contributed by atoms with Gasteiger partial charge in [-0.05, 0) is 80.2 Å². The summed E-state index contributed by atoms with van der Waals surface area (Å²) in [6.07, 6.45) is 0.693. The van der Waals surface area contributed by atoms with E-state index in [2.05, 4.69) is 22.8 Å². The lowest BCUT2D eigenvalue weighted by Crippen LogP contribution is -2.23. The average molecular weight is 538 g/mol. The maximum atomic E-state index is 13.9. The molecule has 1 atom stereocenters. The fourth-order valence-electron chi connectivity index (χ4n) is 4.51. The van der Waals surface area contributed by atoms with Gasteiger partial charge in [0.1, 0.15) is 0 Å². The lowest BCUT2D eigenvalue weighted by atomic mass is 10.1. The molecule has 0 aliphatic rings. The lowest BCUT2D eigenvalue weighted by Gasteiger charge is -2.17. The molecule has 0 fully saturated rings. The van der Waals surface area contributed by atoms with Gasteiger partial charge < -0.3 is 10.6 Å². The number of nitrogens with zero attached hydrogens (tertiary/aromatic N) is 1. The third kappa shape index (κ3) is 5.35. The molecule has 5 rings (SSSR count). The molecule has 5 nitrogen and oxygen atoms in total. The zero-order valence-electron chi connectivity index (χ0n) is 21.1. The molecule has 0 amide bonds. The third-order valence-corrected chi connectivity index (χ3v) is 7.92. The van der Waals surface area contributed by atoms with Gasteiger partial charge in [-0.15, -0.1) is 11.8 Å². The second-order valence-electron chi connectivity index (χ2n) is 8.96. The molecular weight excluding hydrogens is 510 g/mol. The van der Waals surface area contributed by atoms with Gasteiger partial charge in [-0.3, -0.25) is 14.2 Å². The van der Waals surface area contributed by atoms with E-state index in [9.17, 15) is 9.59 Å². The Morgan fingerprint density at radius 3 is 2.03 bits per heavy atom. The predicted molar refractivity (Wildman–Crippen MR) is 163 cm³/mol. The standard InChI is InChI=1S/C31H27N3O2S2/c1-3-29(30(36)34-27-13-6-4-11-25(27)26-12-5-7-14-28(26)34)38-24-10-8-9-23(19-24)33-31(37)32-22-17-15-21(16-18-22)20(2)35/h4-19,29H,3H2,1-2H3,(H2,32,33,37). The van der Waals surface area contributed by atoms with Crippen molar-refractivity contribution in [2.45, 2.75) is 30.4 Å². The number of aromatic nitrogens is 1. The molecule has 1 aromatic heterocycles. The number of carbonyl (C=O) groups is 2. The van der Waals surface area contributed by atoms with Crippen molar-refractivity contribution >= 4 is 74.0 Å². The number of para-hydroxylation sites is 2. The van der Waals surface area contributed by atoms with Crippen LogP contribution in [0.3, 0.4) is 0 Å². The third-order valence-electron chi connectivity index (χ3n) is 6.37. The Labute approximate surface area is 231 Å². The van der Waals surface area contributed by atoms with E-state index < -0.39 is 0 Å². The number of Topliss-reactive ketones (excluding diaryl/α,β-unsaturated/α-hetero) is 1. The predicted octanol–water partition coefficient (Wildman–Crippen LogP) is 8.02. The molecule has 0 spiro atoms. The topological polar surface area (TPSA) is 63.1 Å². The lowest BCUT2D eigenvalue weighted by molar-refractivity contribution is 0.0918. The molecule has 0 radical (unpaired) electrons. The Morgan fingerprint density at radius 1 is 0.816 bits per heavy atom. The van der Waals surface area contributed by atoms with Crippen molar-refractivity contribution < 1.29 is 9.59 Å². The summed E-state index contributed by atoms with van der Waals surface area (Å²) < 4.78 is 1.87. The molecule has 4 aromatic carbocycles. The normalized spacial score (nSPS) is 11.8. The second kappa shape index (κ2) is 11.2. The first-order valence-electron chi connectivity index (χ1n) is 12.4. The van der Waals surface area contributed by atoms with Crippen LogP contribution in [0.2, 0.25) is 0 Å². The fraction of sp³-hybridized carbons (Fsp3) is 0.129. The minimum absolute atomic E-state index is 0.0218. The van der Waals surface area contributed by atoms with E-state index in [0.717, 1.165) is 38.1 Å². The number of rotatable bonds is 7. The van der Waals surface area contributed by atoms with Gasteiger partial charge in [0, 0.05) is 32.6 Å². The van der Waals surface area contributed by atoms with Crippen LogP contribution in [-0.4, -0.2) is 26.6 Å². The number of thiocarbonyl (C=S) groups is 1. The van der Waals surface area contributed by atoms with Crippen LogP contribution >= 0.6 is 24.0 Å². The van der Waals surface area contributed by atoms with Gasteiger partial charge in [0.05, 0.1) is 16.3 Å². The molecule has 38 heavy (non-hydrogen) atoms. The van der Waals surface area contributed by atoms with Crippen LogP contribution in [0.1, 0.15) is 35.4 Å². The van der Waals surface area contributed by atoms with E-state index in [4.69, 9.17) is 12.2 Å². The highest BCUT2D eigenvalue weighted by Crippen LogP contribution is 2.33. The van der Waals surface area contributed by atoms with Crippen molar-refractivity contribution in [3.05, 3.63) is 103 Å². The Hall–Kier alpha value is -3.94. The molecule has 2 N–H and O–H groups in total. The van der Waals surface area contributed by atoms with Gasteiger partial charge in [-0.2, -0.15) is 0 Å². The van der Waals surface area contributed by atoms with Crippen molar-refractivity contribution in [3.63, 3.8) is 0 Å². The first kappa shape index (κ1) is 25.7. The summed E-state index contributed by atoms with van der Waals surface area (Å²) in [5.41, 5.74) is 4.13. The van der Waals surface area contributed by atoms with E-state index in [0.29, 0.717) is 17.1 Å². The summed E-state index contributed by atoms with van der Waals surface area (Å²) in [4.78, 5) is 26.3. The number of nitrogens with one attached hydrogen (secondary N) is 2. The van der Waals surface area contributed by atoms with E-state index >= 15 is 0 Å². The van der Waals surface area contributed by atoms with Gasteiger partial charge in [0.15, 0.2) is 10.9 Å². The second-order valence-corrected chi connectivity index (χ2v) is 10.6. The molecule has 0 saturated carbocycles. The zero-order chi connectivity index (χ0) is 26.6. The van der Waals surface area contributed by atoms with Gasteiger partial charge in [-0.25, -0.2) is 0 Å². The maximum Gasteiger partial charge on any atom is 0.245 e. The minimum Gasteiger partial charge on any atom is -0.332 e. The van der Waals surface area contributed by atoms with Gasteiger partial charge in [-0.1, -0.05) is 49.4 Å². The molecule has 1 unspecified atom stereocenters. The van der Waals surface area contributed by atoms with Crippen molar-refractivity contribution in [1.29, 1.82) is 0 Å². The highest BCUT2D eigenvalue weighted by Gasteiger charge is 2.24. The largest absolute Gasteiger partial charge is 0.332 e. The van der Waals surface area contributed by atoms with Crippen molar-refractivity contribution in [2.24, 2.45) is 0 Å². The molecule has 7 heteroatoms. The van der Waals surface area contributed by atoms with Crippen molar-refractivity contribution in [3.8, 4) is 0 Å². The quantitative estimate of drug-likeness (QED) is 0.125. The minimum atomic E-state index is -0.255. The smallest absolute Gasteiger partial charge is 0.245 e. The first-order chi connectivity index (χ1) is 18.4. The monoisotopic (exact) mass is 537 g/mol. The van der Waals surface area contributed by atoms with Crippen LogP contribution in [0, 0.1) is 0 Å². The number of hydrogen-bond acceptors (Lipinski definition) is 4. The summed E-state index contributed by atoms with van der Waals surface area (Å²) >= 11 is 7.04. The molecule has 0 aliphatic heterocycles. The van der Waals surface area contributed by atoms with Crippen LogP contribution in [0.15, 0.2) is 102 Å². The number of ketones is 1. The molecular formula is C31H27N3O2S2. The van der Waals surface area contributed by atoms with Crippen LogP contribution in [0.5, 0.6) is 0 Å². The van der Waals surface area contributed by atoms with Crippen LogP contribution < -0.4 is 10.6 Å². The maximum absolute atomic E-state index is 13.9. The zero-order valence-corrected chi connectivity index (χ0v) is 22.7. The SMILES string of the molecule is CCC(Sc1cccc(NC(=S)Nc2ccc(C(C)=O)cc2)c1)C(=O)n1c2ccccc2c2ccccc21. The number of benzene rings is 4. The Bertz CT molecular complexity index is 1600. The van der Waals surface area contributed by atoms with Gasteiger partial charge in [0.2, 0.25) is 5.91 Å². The van der Waals surface area contributed by atoms with Crippen LogP contribution in [0.25, 0.3) is 21.8 Å². The molecule has 0 aliphatic carbocycles. The highest BCUT2D eigenvalue weighted by atomic mass is 32.2. The highest BCUT2D eigenvalue weighted by molar-refractivity contribution is 8.00. The van der Waals surface area contributed by atoms with E-state index in [-0.39, 0.29) is 16.9 Å². The number of fused-ring (bicyclic) bond motifs is 3. The Kier molecular flexibility index (Phi) is 7.58. The summed E-state index contributed by atoms with van der Waals surface area (Å²) in [7, 11) is 0. The average Bonchev–Trinajstić information content (AvgIpc) is 3.26. The molecule has 5 aromatic rings. The number of hydrogen-bond donors (Lipinski definition) is 2. The number of thioether (sulfide) groups is 1. The summed E-state index contributed by atoms with van der Waals surface area (Å²) in [5.74, 6) is 0.0908. The van der Waals surface area contributed by atoms with Gasteiger partial charge >= 0.3 is 0 Å². The molecule has 1 heterocycles. The van der Waals surface area contributed by atoms with Crippen LogP contribution in [-0.2, 0) is 0 Å². The molecule has 0 bridgehead atoms. The Morgan fingerprint density at radius 2 is 1.42 bits per heavy atom. The number of anilines is 2. The van der Waals surface area contributed by atoms with E-state index in [1.807, 2.05) is 84.3 Å². The van der Waals surface area contributed by atoms with Crippen molar-refractivity contribution in [2.75, 3.05) is 10.6 Å². The van der Waals surface area contributed by atoms with Gasteiger partial charge in [0.25, 0.3) is 0 Å².